The Morgan fingerprint density at radius 1 is 1.71 bits per heavy atom. The predicted octanol–water partition coefficient (Wildman–Crippen LogP) is -1.52. The summed E-state index contributed by atoms with van der Waals surface area (Å²) in [4.78, 5) is 11.5. The number of tetrazole rings is 1. The highest BCUT2D eigenvalue weighted by atomic mass is 32.2. The van der Waals surface area contributed by atoms with E-state index < -0.39 is 0 Å². The summed E-state index contributed by atoms with van der Waals surface area (Å²) >= 11 is 1.71. The van der Waals surface area contributed by atoms with Gasteiger partial charge in [-0.25, -0.2) is 0 Å². The summed E-state index contributed by atoms with van der Waals surface area (Å²) in [6.45, 7) is 0.318. The summed E-state index contributed by atoms with van der Waals surface area (Å²) in [5.74, 6) is 2.13. The molecule has 1 aromatic heterocycles. The van der Waals surface area contributed by atoms with Gasteiger partial charge in [0.25, 0.3) is 0 Å². The minimum absolute atomic E-state index is 0.0141. The molecule has 8 heteroatoms. The first-order valence-corrected chi connectivity index (χ1v) is 5.33. The molecule has 0 aromatic carbocycles. The molecular formula is C6H10N6OS. The van der Waals surface area contributed by atoms with E-state index in [-0.39, 0.29) is 11.9 Å². The minimum atomic E-state index is -0.0908. The van der Waals surface area contributed by atoms with Crippen LogP contribution in [-0.4, -0.2) is 44.2 Å². The average Bonchev–Trinajstić information content (AvgIpc) is 2.87. The predicted molar refractivity (Wildman–Crippen MR) is 50.3 cm³/mol. The number of hydrogen-bond donors (Lipinski definition) is 3. The van der Waals surface area contributed by atoms with E-state index in [1.807, 2.05) is 0 Å². The van der Waals surface area contributed by atoms with Crippen molar-refractivity contribution in [2.45, 2.75) is 12.6 Å². The van der Waals surface area contributed by atoms with Gasteiger partial charge >= 0.3 is 0 Å². The second-order valence-corrected chi connectivity index (χ2v) is 3.85. The van der Waals surface area contributed by atoms with Crippen LogP contribution in [0.15, 0.2) is 0 Å². The summed E-state index contributed by atoms with van der Waals surface area (Å²) in [5.41, 5.74) is 0. The van der Waals surface area contributed by atoms with Gasteiger partial charge in [-0.1, -0.05) is 5.21 Å². The monoisotopic (exact) mass is 214 g/mol. The molecule has 2 heterocycles. The molecule has 0 bridgehead atoms. The van der Waals surface area contributed by atoms with E-state index in [1.54, 1.807) is 11.8 Å². The van der Waals surface area contributed by atoms with Crippen molar-refractivity contribution >= 4 is 17.7 Å². The van der Waals surface area contributed by atoms with Gasteiger partial charge in [0.2, 0.25) is 5.91 Å². The zero-order valence-electron chi connectivity index (χ0n) is 7.36. The highest BCUT2D eigenvalue weighted by molar-refractivity contribution is 7.99. The van der Waals surface area contributed by atoms with Crippen LogP contribution in [0.1, 0.15) is 5.82 Å². The van der Waals surface area contributed by atoms with Crippen LogP contribution in [0, 0.1) is 0 Å². The minimum Gasteiger partial charge on any atom is -0.347 e. The molecule has 76 valence electrons. The van der Waals surface area contributed by atoms with Crippen molar-refractivity contribution in [3.8, 4) is 0 Å². The first kappa shape index (κ1) is 9.41. The average molecular weight is 214 g/mol. The third-order valence-corrected chi connectivity index (χ3v) is 2.78. The maximum absolute atomic E-state index is 11.5. The lowest BCUT2D eigenvalue weighted by molar-refractivity contribution is -0.122. The molecule has 1 aliphatic heterocycles. The molecule has 1 atom stereocenters. The lowest BCUT2D eigenvalue weighted by atomic mass is 10.3. The summed E-state index contributed by atoms with van der Waals surface area (Å²) in [6.07, 6.45) is 0. The maximum atomic E-state index is 11.5. The molecule has 3 N–H and O–H groups in total. The zero-order chi connectivity index (χ0) is 9.80. The fourth-order valence-electron chi connectivity index (χ4n) is 1.11. The third-order valence-electron chi connectivity index (χ3n) is 1.84. The van der Waals surface area contributed by atoms with Crippen LogP contribution in [0.4, 0.5) is 0 Å². The highest BCUT2D eigenvalue weighted by Gasteiger charge is 2.22. The first-order chi connectivity index (χ1) is 6.86. The number of aromatic nitrogens is 4. The summed E-state index contributed by atoms with van der Waals surface area (Å²) in [6, 6.07) is -0.0908. The van der Waals surface area contributed by atoms with Crippen molar-refractivity contribution in [2.24, 2.45) is 0 Å². The quantitative estimate of drug-likeness (QED) is 0.565. The smallest absolute Gasteiger partial charge is 0.238 e. The number of carbonyl (C=O) groups is 1. The molecule has 0 aliphatic carbocycles. The first-order valence-electron chi connectivity index (χ1n) is 4.17. The Morgan fingerprint density at radius 3 is 3.29 bits per heavy atom. The Morgan fingerprint density at radius 2 is 2.64 bits per heavy atom. The Bertz CT molecular complexity index is 295. The summed E-state index contributed by atoms with van der Waals surface area (Å²) in [7, 11) is 0. The third kappa shape index (κ3) is 2.20. The van der Waals surface area contributed by atoms with E-state index in [0.717, 1.165) is 11.6 Å². The second kappa shape index (κ2) is 4.38. The van der Waals surface area contributed by atoms with Crippen molar-refractivity contribution in [3.63, 3.8) is 0 Å². The lowest BCUT2D eigenvalue weighted by Gasteiger charge is -2.08. The van der Waals surface area contributed by atoms with Gasteiger partial charge in [-0.2, -0.15) is 5.21 Å². The van der Waals surface area contributed by atoms with E-state index >= 15 is 0 Å². The fourth-order valence-corrected chi connectivity index (χ4v) is 2.05. The number of thioether (sulfide) groups is 1. The molecule has 1 amide bonds. The van der Waals surface area contributed by atoms with Gasteiger partial charge in [-0.15, -0.1) is 22.0 Å². The number of H-pyrrole nitrogens is 1. The lowest BCUT2D eigenvalue weighted by Crippen LogP contribution is -2.41. The molecule has 1 saturated heterocycles. The Hall–Kier alpha value is -1.15. The number of nitrogens with zero attached hydrogens (tertiary/aromatic N) is 3. The van der Waals surface area contributed by atoms with Crippen LogP contribution < -0.4 is 10.6 Å². The topological polar surface area (TPSA) is 95.6 Å². The summed E-state index contributed by atoms with van der Waals surface area (Å²) in [5, 5.41) is 19.0. The van der Waals surface area contributed by atoms with Gasteiger partial charge in [0.15, 0.2) is 5.82 Å². The van der Waals surface area contributed by atoms with E-state index in [4.69, 9.17) is 0 Å². The number of rotatable bonds is 3. The fraction of sp³-hybridized carbons (Fsp3) is 0.667. The van der Waals surface area contributed by atoms with Crippen molar-refractivity contribution in [1.82, 2.24) is 31.3 Å². The number of amides is 1. The van der Waals surface area contributed by atoms with Crippen LogP contribution in [0.3, 0.4) is 0 Å². The van der Waals surface area contributed by atoms with E-state index in [2.05, 4.69) is 31.3 Å². The molecule has 1 aromatic rings. The molecular weight excluding hydrogens is 204 g/mol. The van der Waals surface area contributed by atoms with Gasteiger partial charge < -0.3 is 5.32 Å². The van der Waals surface area contributed by atoms with Gasteiger partial charge in [-0.3, -0.25) is 10.1 Å². The molecule has 14 heavy (non-hydrogen) atoms. The molecule has 7 nitrogen and oxygen atoms in total. The van der Waals surface area contributed by atoms with Crippen LogP contribution >= 0.6 is 11.8 Å². The van der Waals surface area contributed by atoms with Gasteiger partial charge in [0, 0.05) is 11.6 Å². The normalized spacial score (nSPS) is 21.0. The van der Waals surface area contributed by atoms with Gasteiger partial charge in [-0.05, 0) is 0 Å². The van der Waals surface area contributed by atoms with Crippen molar-refractivity contribution in [2.75, 3.05) is 11.6 Å². The van der Waals surface area contributed by atoms with Gasteiger partial charge in [0.1, 0.15) is 0 Å². The molecule has 1 fully saturated rings. The van der Waals surface area contributed by atoms with Crippen LogP contribution in [0.2, 0.25) is 0 Å². The number of nitrogens with one attached hydrogen (secondary N) is 3. The number of carbonyl (C=O) groups excluding carboxylic acids is 1. The van der Waals surface area contributed by atoms with Crippen LogP contribution in [0.25, 0.3) is 0 Å². The number of hydrogen-bond acceptors (Lipinski definition) is 6. The second-order valence-electron chi connectivity index (χ2n) is 2.82. The van der Waals surface area contributed by atoms with Crippen molar-refractivity contribution in [1.29, 1.82) is 0 Å². The summed E-state index contributed by atoms with van der Waals surface area (Å²) < 4.78 is 0. The van der Waals surface area contributed by atoms with E-state index in [1.165, 1.54) is 0 Å². The number of aromatic amines is 1. The SMILES string of the molecule is O=C(NCc1nn[nH]n1)C1CSCN1. The molecule has 0 radical (unpaired) electrons. The Balaban J connectivity index is 1.77. The molecule has 1 aliphatic rings. The maximum Gasteiger partial charge on any atom is 0.238 e. The Kier molecular flexibility index (Phi) is 2.94. The van der Waals surface area contributed by atoms with Crippen molar-refractivity contribution < 1.29 is 4.79 Å². The molecule has 0 saturated carbocycles. The van der Waals surface area contributed by atoms with Crippen molar-refractivity contribution in [3.05, 3.63) is 5.82 Å². The van der Waals surface area contributed by atoms with E-state index in [9.17, 15) is 4.79 Å². The Labute approximate surface area is 84.4 Å². The molecule has 0 spiro atoms. The molecule has 2 rings (SSSR count). The highest BCUT2D eigenvalue weighted by Crippen LogP contribution is 2.09. The standard InChI is InChI=1S/C6H10N6OS/c13-6(4-2-14-3-8-4)7-1-5-9-11-12-10-5/h4,8H,1-3H2,(H,7,13)(H,9,10,11,12). The molecule has 1 unspecified atom stereocenters. The van der Waals surface area contributed by atoms with E-state index in [0.29, 0.717) is 12.4 Å². The van der Waals surface area contributed by atoms with Crippen LogP contribution in [-0.2, 0) is 11.3 Å². The van der Waals surface area contributed by atoms with Gasteiger partial charge in [0.05, 0.1) is 12.6 Å². The largest absolute Gasteiger partial charge is 0.347 e. The zero-order valence-corrected chi connectivity index (χ0v) is 8.17. The van der Waals surface area contributed by atoms with Crippen LogP contribution in [0.5, 0.6) is 0 Å².